The lowest BCUT2D eigenvalue weighted by Gasteiger charge is -2.25. The number of ether oxygens (including phenoxy) is 1. The highest BCUT2D eigenvalue weighted by molar-refractivity contribution is 7.15. The van der Waals surface area contributed by atoms with Gasteiger partial charge in [-0.15, -0.1) is 11.3 Å². The molecule has 1 N–H and O–H groups in total. The summed E-state index contributed by atoms with van der Waals surface area (Å²) in [6.45, 7) is 8.83. The third-order valence-electron chi connectivity index (χ3n) is 3.61. The molecule has 1 heterocycles. The second kappa shape index (κ2) is 6.12. The van der Waals surface area contributed by atoms with Crippen LogP contribution in [0.25, 0.3) is 0 Å². The number of fused-ring (bicyclic) bond motifs is 1. The van der Waals surface area contributed by atoms with Crippen LogP contribution in [-0.2, 0) is 16.0 Å². The molecule has 0 amide bonds. The smallest absolute Gasteiger partial charge is 0.315 e. The summed E-state index contributed by atoms with van der Waals surface area (Å²) >= 11 is 1.68. The highest BCUT2D eigenvalue weighted by Crippen LogP contribution is 2.39. The molecule has 1 atom stereocenters. The van der Waals surface area contributed by atoms with Crippen LogP contribution in [0.5, 0.6) is 0 Å². The molecular formula is C15H24N2O2S. The van der Waals surface area contributed by atoms with E-state index in [2.05, 4.69) is 31.1 Å². The number of aryl methyl sites for hydroxylation is 1. The first kappa shape index (κ1) is 15.3. The van der Waals surface area contributed by atoms with Crippen LogP contribution in [0.3, 0.4) is 0 Å². The fraction of sp³-hybridized carbons (Fsp3) is 0.733. The molecule has 1 aromatic rings. The summed E-state index contributed by atoms with van der Waals surface area (Å²) in [6.07, 6.45) is 4.01. The lowest BCUT2D eigenvalue weighted by atomic mass is 10.00. The Balaban J connectivity index is 2.10. The minimum atomic E-state index is -0.161. The van der Waals surface area contributed by atoms with E-state index in [1.54, 1.807) is 11.3 Å². The minimum absolute atomic E-state index is 0.0414. The van der Waals surface area contributed by atoms with E-state index in [-0.39, 0.29) is 17.4 Å². The SMILES string of the molecule is CCCC(C)(C)Nc1nc2c(s1)CCC2C(=O)OCC. The van der Waals surface area contributed by atoms with Crippen LogP contribution in [0.15, 0.2) is 0 Å². The number of rotatable bonds is 6. The molecule has 0 aromatic carbocycles. The predicted molar refractivity (Wildman–Crippen MR) is 82.4 cm³/mol. The van der Waals surface area contributed by atoms with Gasteiger partial charge in [0.25, 0.3) is 0 Å². The zero-order valence-corrected chi connectivity index (χ0v) is 13.6. The van der Waals surface area contributed by atoms with E-state index in [0.717, 1.165) is 36.5 Å². The number of carbonyl (C=O) groups is 1. The molecule has 1 aliphatic carbocycles. The van der Waals surface area contributed by atoms with Gasteiger partial charge in [-0.3, -0.25) is 4.79 Å². The lowest BCUT2D eigenvalue weighted by molar-refractivity contribution is -0.145. The molecule has 0 bridgehead atoms. The van der Waals surface area contributed by atoms with Crippen LogP contribution in [0, 0.1) is 0 Å². The van der Waals surface area contributed by atoms with Crippen LogP contribution in [-0.4, -0.2) is 23.1 Å². The zero-order valence-electron chi connectivity index (χ0n) is 12.8. The zero-order chi connectivity index (χ0) is 14.8. The molecule has 0 fully saturated rings. The molecule has 20 heavy (non-hydrogen) atoms. The van der Waals surface area contributed by atoms with Crippen molar-refractivity contribution >= 4 is 22.4 Å². The Kier molecular flexibility index (Phi) is 4.68. The number of hydrogen-bond donors (Lipinski definition) is 1. The number of anilines is 1. The summed E-state index contributed by atoms with van der Waals surface area (Å²) < 4.78 is 5.14. The van der Waals surface area contributed by atoms with Gasteiger partial charge in [0.1, 0.15) is 5.92 Å². The predicted octanol–water partition coefficient (Wildman–Crippen LogP) is 3.73. The summed E-state index contributed by atoms with van der Waals surface area (Å²) in [5.74, 6) is -0.290. The van der Waals surface area contributed by atoms with Crippen molar-refractivity contribution in [2.75, 3.05) is 11.9 Å². The van der Waals surface area contributed by atoms with Gasteiger partial charge in [0.15, 0.2) is 5.13 Å². The van der Waals surface area contributed by atoms with Crippen molar-refractivity contribution in [1.29, 1.82) is 0 Å². The second-order valence-corrected chi connectivity index (χ2v) is 7.01. The maximum Gasteiger partial charge on any atom is 0.315 e. The Labute approximate surface area is 124 Å². The largest absolute Gasteiger partial charge is 0.465 e. The van der Waals surface area contributed by atoms with Crippen molar-refractivity contribution in [1.82, 2.24) is 4.98 Å². The monoisotopic (exact) mass is 296 g/mol. The number of carbonyl (C=O) groups excluding carboxylic acids is 1. The van der Waals surface area contributed by atoms with Crippen molar-refractivity contribution < 1.29 is 9.53 Å². The van der Waals surface area contributed by atoms with E-state index in [1.807, 2.05) is 6.92 Å². The van der Waals surface area contributed by atoms with Crippen molar-refractivity contribution in [2.24, 2.45) is 0 Å². The maximum atomic E-state index is 11.9. The number of nitrogens with zero attached hydrogens (tertiary/aromatic N) is 1. The average molecular weight is 296 g/mol. The fourth-order valence-corrected chi connectivity index (χ4v) is 3.95. The van der Waals surface area contributed by atoms with E-state index in [9.17, 15) is 4.79 Å². The molecular weight excluding hydrogens is 272 g/mol. The van der Waals surface area contributed by atoms with Crippen LogP contribution >= 0.6 is 11.3 Å². The third-order valence-corrected chi connectivity index (χ3v) is 4.66. The maximum absolute atomic E-state index is 11.9. The van der Waals surface area contributed by atoms with Crippen LogP contribution < -0.4 is 5.32 Å². The molecule has 1 aliphatic rings. The molecule has 1 unspecified atom stereocenters. The topological polar surface area (TPSA) is 51.2 Å². The minimum Gasteiger partial charge on any atom is -0.465 e. The molecule has 5 heteroatoms. The average Bonchev–Trinajstić information content (AvgIpc) is 2.87. The Morgan fingerprint density at radius 3 is 2.90 bits per heavy atom. The van der Waals surface area contributed by atoms with Gasteiger partial charge in [-0.1, -0.05) is 13.3 Å². The van der Waals surface area contributed by atoms with Crippen LogP contribution in [0.1, 0.15) is 63.4 Å². The molecule has 0 saturated heterocycles. The van der Waals surface area contributed by atoms with E-state index >= 15 is 0 Å². The second-order valence-electron chi connectivity index (χ2n) is 5.93. The van der Waals surface area contributed by atoms with Gasteiger partial charge in [0.2, 0.25) is 0 Å². The van der Waals surface area contributed by atoms with Gasteiger partial charge >= 0.3 is 5.97 Å². The number of hydrogen-bond acceptors (Lipinski definition) is 5. The summed E-state index contributed by atoms with van der Waals surface area (Å²) in [5, 5.41) is 4.43. The quantitative estimate of drug-likeness (QED) is 0.813. The summed E-state index contributed by atoms with van der Waals surface area (Å²) in [5.41, 5.74) is 0.975. The molecule has 0 spiro atoms. The molecule has 1 aromatic heterocycles. The van der Waals surface area contributed by atoms with Gasteiger partial charge in [-0.05, 0) is 40.0 Å². The molecule has 0 aliphatic heterocycles. The highest BCUT2D eigenvalue weighted by Gasteiger charge is 2.34. The molecule has 0 radical (unpaired) electrons. The number of esters is 1. The van der Waals surface area contributed by atoms with Crippen molar-refractivity contribution in [3.05, 3.63) is 10.6 Å². The van der Waals surface area contributed by atoms with Crippen molar-refractivity contribution in [3.63, 3.8) is 0 Å². The van der Waals surface area contributed by atoms with Gasteiger partial charge in [0.05, 0.1) is 12.3 Å². The summed E-state index contributed by atoms with van der Waals surface area (Å²) in [7, 11) is 0. The van der Waals surface area contributed by atoms with Gasteiger partial charge < -0.3 is 10.1 Å². The van der Waals surface area contributed by atoms with E-state index in [1.165, 1.54) is 4.88 Å². The molecule has 4 nitrogen and oxygen atoms in total. The fourth-order valence-electron chi connectivity index (χ4n) is 2.73. The van der Waals surface area contributed by atoms with E-state index in [0.29, 0.717) is 6.61 Å². The first-order chi connectivity index (χ1) is 9.46. The first-order valence-corrected chi connectivity index (χ1v) is 8.23. The summed E-state index contributed by atoms with van der Waals surface area (Å²) in [6, 6.07) is 0. The normalized spacial score (nSPS) is 17.9. The number of nitrogens with one attached hydrogen (secondary N) is 1. The van der Waals surface area contributed by atoms with E-state index < -0.39 is 0 Å². The number of aromatic nitrogens is 1. The van der Waals surface area contributed by atoms with Gasteiger partial charge in [0, 0.05) is 10.4 Å². The summed E-state index contributed by atoms with van der Waals surface area (Å²) in [4.78, 5) is 17.8. The molecule has 2 rings (SSSR count). The Hall–Kier alpha value is -1.10. The van der Waals surface area contributed by atoms with Crippen molar-refractivity contribution in [2.45, 2.75) is 64.8 Å². The number of thiazole rings is 1. The van der Waals surface area contributed by atoms with Gasteiger partial charge in [-0.25, -0.2) is 4.98 Å². The third kappa shape index (κ3) is 3.32. The Bertz CT molecular complexity index is 482. The first-order valence-electron chi connectivity index (χ1n) is 7.41. The standard InChI is InChI=1S/C15H24N2O2S/c1-5-9-15(3,4)17-14-16-12-10(13(18)19-6-2)7-8-11(12)20-14/h10H,5-9H2,1-4H3,(H,16,17). The lowest BCUT2D eigenvalue weighted by Crippen LogP contribution is -2.30. The Morgan fingerprint density at radius 2 is 2.25 bits per heavy atom. The highest BCUT2D eigenvalue weighted by atomic mass is 32.1. The Morgan fingerprint density at radius 1 is 1.50 bits per heavy atom. The van der Waals surface area contributed by atoms with Crippen LogP contribution in [0.2, 0.25) is 0 Å². The van der Waals surface area contributed by atoms with E-state index in [4.69, 9.17) is 4.74 Å². The molecule has 112 valence electrons. The van der Waals surface area contributed by atoms with Crippen LogP contribution in [0.4, 0.5) is 5.13 Å². The molecule has 0 saturated carbocycles. The van der Waals surface area contributed by atoms with Gasteiger partial charge in [-0.2, -0.15) is 0 Å². The van der Waals surface area contributed by atoms with Crippen molar-refractivity contribution in [3.8, 4) is 0 Å².